The molecule has 1 heterocycles. The molecule has 0 radical (unpaired) electrons. The maximum atomic E-state index is 12.8. The molecule has 47 heavy (non-hydrogen) atoms. The van der Waals surface area contributed by atoms with Gasteiger partial charge in [-0.25, -0.2) is 14.8 Å². The number of halogens is 1. The molecule has 13 heteroatoms. The standard InChI is InChI=1S/C34H47ClN8O4/c1-3-4-5-8-15-38-17-18-39-32(44)27-13-9-11-24(19-27)14-16-40-34(46)47-22-25(20-26-12-7-6-10-23(26)2)21-41-33(45)28-30(36)43-31(37)29(35)42-28/h6-7,9-13,19,25,38H,3-5,8,14-18,20-22H2,1-2H3,(H,39,44)(H,40,46)(H,41,45)(H4,36,37,43). The van der Waals surface area contributed by atoms with Crippen LogP contribution in [0.4, 0.5) is 16.4 Å². The zero-order valence-electron chi connectivity index (χ0n) is 27.2. The molecule has 12 nitrogen and oxygen atoms in total. The quantitative estimate of drug-likeness (QED) is 0.103. The Morgan fingerprint density at radius 3 is 2.47 bits per heavy atom. The number of nitrogen functional groups attached to an aromatic ring is 2. The number of carbonyl (C=O) groups excluding carboxylic acids is 3. The van der Waals surface area contributed by atoms with Crippen LogP contribution in [0.1, 0.15) is 70.1 Å². The van der Waals surface area contributed by atoms with Crippen molar-refractivity contribution in [2.24, 2.45) is 5.92 Å². The molecule has 0 bridgehead atoms. The van der Waals surface area contributed by atoms with E-state index < -0.39 is 12.0 Å². The summed E-state index contributed by atoms with van der Waals surface area (Å²) in [4.78, 5) is 45.8. The Hall–Kier alpha value is -4.42. The largest absolute Gasteiger partial charge is 0.449 e. The second-order valence-electron chi connectivity index (χ2n) is 11.4. The van der Waals surface area contributed by atoms with Crippen molar-refractivity contribution in [2.45, 2.75) is 52.4 Å². The van der Waals surface area contributed by atoms with E-state index in [1.807, 2.05) is 49.4 Å². The maximum absolute atomic E-state index is 12.8. The van der Waals surface area contributed by atoms with Gasteiger partial charge in [0.15, 0.2) is 22.5 Å². The number of ether oxygens (including phenoxy) is 1. The summed E-state index contributed by atoms with van der Waals surface area (Å²) in [5, 5.41) is 11.7. The zero-order valence-corrected chi connectivity index (χ0v) is 28.0. The Kier molecular flexibility index (Phi) is 15.7. The second-order valence-corrected chi connectivity index (χ2v) is 11.7. The third-order valence-electron chi connectivity index (χ3n) is 7.56. The average Bonchev–Trinajstić information content (AvgIpc) is 3.06. The van der Waals surface area contributed by atoms with Crippen LogP contribution in [0.15, 0.2) is 48.5 Å². The molecule has 1 atom stereocenters. The van der Waals surface area contributed by atoms with Crippen molar-refractivity contribution >= 4 is 41.1 Å². The van der Waals surface area contributed by atoms with Gasteiger partial charge >= 0.3 is 6.09 Å². The Bertz CT molecular complexity index is 1470. The number of amides is 3. The Morgan fingerprint density at radius 2 is 1.68 bits per heavy atom. The van der Waals surface area contributed by atoms with Crippen molar-refractivity contribution < 1.29 is 19.1 Å². The summed E-state index contributed by atoms with van der Waals surface area (Å²) in [7, 11) is 0. The van der Waals surface area contributed by atoms with Crippen LogP contribution in [0, 0.1) is 12.8 Å². The van der Waals surface area contributed by atoms with E-state index in [2.05, 4.69) is 38.2 Å². The summed E-state index contributed by atoms with van der Waals surface area (Å²) >= 11 is 5.93. The van der Waals surface area contributed by atoms with Crippen LogP contribution in [0.2, 0.25) is 5.15 Å². The van der Waals surface area contributed by atoms with Crippen molar-refractivity contribution in [3.63, 3.8) is 0 Å². The number of nitrogens with zero attached hydrogens (tertiary/aromatic N) is 2. The first-order valence-electron chi connectivity index (χ1n) is 16.1. The molecule has 1 unspecified atom stereocenters. The minimum Gasteiger partial charge on any atom is -0.449 e. The van der Waals surface area contributed by atoms with Crippen LogP contribution >= 0.6 is 11.6 Å². The molecule has 8 N–H and O–H groups in total. The van der Waals surface area contributed by atoms with Gasteiger partial charge in [0, 0.05) is 37.7 Å². The summed E-state index contributed by atoms with van der Waals surface area (Å²) in [6, 6.07) is 15.2. The summed E-state index contributed by atoms with van der Waals surface area (Å²) in [5.74, 6) is -1.16. The number of aromatic nitrogens is 2. The van der Waals surface area contributed by atoms with Crippen molar-refractivity contribution in [1.82, 2.24) is 31.2 Å². The highest BCUT2D eigenvalue weighted by atomic mass is 35.5. The van der Waals surface area contributed by atoms with E-state index in [1.165, 1.54) is 19.3 Å². The van der Waals surface area contributed by atoms with E-state index in [4.69, 9.17) is 27.8 Å². The van der Waals surface area contributed by atoms with Gasteiger partial charge in [-0.1, -0.05) is 74.2 Å². The van der Waals surface area contributed by atoms with E-state index in [9.17, 15) is 14.4 Å². The second kappa shape index (κ2) is 20.0. The maximum Gasteiger partial charge on any atom is 0.407 e. The minimum atomic E-state index is -0.581. The number of anilines is 2. The molecule has 0 spiro atoms. The number of nitrogens with one attached hydrogen (secondary N) is 4. The number of nitrogens with two attached hydrogens (primary N) is 2. The zero-order chi connectivity index (χ0) is 34.0. The van der Waals surface area contributed by atoms with Crippen molar-refractivity contribution in [1.29, 1.82) is 0 Å². The predicted octanol–water partition coefficient (Wildman–Crippen LogP) is 4.06. The molecular weight excluding hydrogens is 620 g/mol. The van der Waals surface area contributed by atoms with E-state index in [0.717, 1.165) is 36.2 Å². The molecule has 2 aromatic carbocycles. The van der Waals surface area contributed by atoms with E-state index in [-0.39, 0.29) is 47.5 Å². The van der Waals surface area contributed by atoms with Crippen LogP contribution < -0.4 is 32.7 Å². The molecule has 254 valence electrons. The fraction of sp³-hybridized carbons (Fsp3) is 0.441. The van der Waals surface area contributed by atoms with Crippen molar-refractivity contribution in [2.75, 3.05) is 50.8 Å². The highest BCUT2D eigenvalue weighted by Crippen LogP contribution is 2.18. The van der Waals surface area contributed by atoms with Gasteiger partial charge in [-0.2, -0.15) is 0 Å². The Morgan fingerprint density at radius 1 is 0.872 bits per heavy atom. The fourth-order valence-corrected chi connectivity index (χ4v) is 4.99. The first kappa shape index (κ1) is 37.0. The SMILES string of the molecule is CCCCCCNCCNC(=O)c1cccc(CCNC(=O)OCC(CNC(=O)c2nc(Cl)c(N)nc2N)Cc2ccccc2C)c1. The lowest BCUT2D eigenvalue weighted by Gasteiger charge is -2.19. The van der Waals surface area contributed by atoms with Crippen LogP contribution in [0.3, 0.4) is 0 Å². The minimum absolute atomic E-state index is 0.0490. The monoisotopic (exact) mass is 666 g/mol. The van der Waals surface area contributed by atoms with E-state index in [0.29, 0.717) is 31.5 Å². The van der Waals surface area contributed by atoms with Gasteiger partial charge in [-0.3, -0.25) is 9.59 Å². The highest BCUT2D eigenvalue weighted by molar-refractivity contribution is 6.31. The lowest BCUT2D eigenvalue weighted by Crippen LogP contribution is -2.35. The molecule has 0 aliphatic carbocycles. The molecule has 0 saturated carbocycles. The number of aryl methyl sites for hydroxylation is 1. The van der Waals surface area contributed by atoms with Gasteiger partial charge in [0.25, 0.3) is 11.8 Å². The number of alkyl carbamates (subject to hydrolysis) is 1. The van der Waals surface area contributed by atoms with Gasteiger partial charge < -0.3 is 37.5 Å². The number of hydrogen-bond donors (Lipinski definition) is 6. The van der Waals surface area contributed by atoms with Gasteiger partial charge in [0.05, 0.1) is 6.61 Å². The molecule has 0 fully saturated rings. The first-order valence-corrected chi connectivity index (χ1v) is 16.4. The van der Waals surface area contributed by atoms with E-state index >= 15 is 0 Å². The molecule has 3 amide bonds. The average molecular weight is 667 g/mol. The summed E-state index contributed by atoms with van der Waals surface area (Å²) in [6.07, 6.45) is 5.31. The van der Waals surface area contributed by atoms with Gasteiger partial charge in [-0.05, 0) is 61.6 Å². The third kappa shape index (κ3) is 13.1. The smallest absolute Gasteiger partial charge is 0.407 e. The van der Waals surface area contributed by atoms with Crippen LogP contribution in [-0.2, 0) is 17.6 Å². The van der Waals surface area contributed by atoms with Gasteiger partial charge in [0.2, 0.25) is 0 Å². The fourth-order valence-electron chi connectivity index (χ4n) is 4.86. The molecule has 0 aliphatic heterocycles. The summed E-state index contributed by atoms with van der Waals surface area (Å²) < 4.78 is 5.54. The van der Waals surface area contributed by atoms with Gasteiger partial charge in [0.1, 0.15) is 0 Å². The van der Waals surface area contributed by atoms with E-state index in [1.54, 1.807) is 6.07 Å². The molecular formula is C34H47ClN8O4. The lowest BCUT2D eigenvalue weighted by molar-refractivity contribution is 0.0923. The van der Waals surface area contributed by atoms with Crippen LogP contribution in [0.5, 0.6) is 0 Å². The Labute approximate surface area is 281 Å². The third-order valence-corrected chi connectivity index (χ3v) is 7.84. The highest BCUT2D eigenvalue weighted by Gasteiger charge is 2.20. The van der Waals surface area contributed by atoms with Gasteiger partial charge in [-0.15, -0.1) is 0 Å². The molecule has 3 aromatic rings. The number of rotatable bonds is 19. The molecule has 3 rings (SSSR count). The normalized spacial score (nSPS) is 11.5. The summed E-state index contributed by atoms with van der Waals surface area (Å²) in [6.45, 7) is 6.96. The number of unbranched alkanes of at least 4 members (excludes halogenated alkanes) is 3. The Balaban J connectivity index is 1.46. The number of carbonyl (C=O) groups is 3. The topological polar surface area (TPSA) is 186 Å². The molecule has 0 saturated heterocycles. The molecule has 0 aliphatic rings. The number of benzene rings is 2. The predicted molar refractivity (Wildman–Crippen MR) is 185 cm³/mol. The van der Waals surface area contributed by atoms with Crippen LogP contribution in [0.25, 0.3) is 0 Å². The van der Waals surface area contributed by atoms with Crippen LogP contribution in [-0.4, -0.2) is 67.2 Å². The van der Waals surface area contributed by atoms with Crippen molar-refractivity contribution in [3.05, 3.63) is 81.6 Å². The number of hydrogen-bond acceptors (Lipinski definition) is 9. The first-order chi connectivity index (χ1) is 22.7. The lowest BCUT2D eigenvalue weighted by atomic mass is 9.96. The molecule has 1 aromatic heterocycles. The summed E-state index contributed by atoms with van der Waals surface area (Å²) in [5.41, 5.74) is 14.9. The van der Waals surface area contributed by atoms with Crippen molar-refractivity contribution in [3.8, 4) is 0 Å².